The second-order valence-corrected chi connectivity index (χ2v) is 5.65. The minimum Gasteiger partial charge on any atom is -0.329 e. The first kappa shape index (κ1) is 13.3. The van der Waals surface area contributed by atoms with E-state index in [-0.39, 0.29) is 0 Å². The van der Waals surface area contributed by atoms with Gasteiger partial charge in [0.25, 0.3) is 0 Å². The number of hydrogen-bond acceptors (Lipinski definition) is 4. The lowest BCUT2D eigenvalue weighted by atomic mass is 9.85. The normalized spacial score (nSPS) is 28.4. The first-order valence-electron chi connectivity index (χ1n) is 7.06. The number of likely N-dealkylation sites (tertiary alicyclic amines) is 1. The van der Waals surface area contributed by atoms with Crippen molar-refractivity contribution in [1.82, 2.24) is 14.7 Å². The van der Waals surface area contributed by atoms with Crippen LogP contribution in [-0.2, 0) is 0 Å². The third kappa shape index (κ3) is 2.81. The molecule has 4 nitrogen and oxygen atoms in total. The zero-order valence-electron chi connectivity index (χ0n) is 11.5. The molecule has 100 valence electrons. The van der Waals surface area contributed by atoms with E-state index in [1.807, 2.05) is 0 Å². The van der Waals surface area contributed by atoms with Crippen LogP contribution in [0.2, 0.25) is 0 Å². The molecular weight excluding hydrogens is 212 g/mol. The van der Waals surface area contributed by atoms with Crippen LogP contribution < -0.4 is 5.73 Å². The first-order chi connectivity index (χ1) is 8.20. The lowest BCUT2D eigenvalue weighted by molar-refractivity contribution is -0.000120. The van der Waals surface area contributed by atoms with Gasteiger partial charge in [0.05, 0.1) is 0 Å². The molecule has 2 rings (SSSR count). The van der Waals surface area contributed by atoms with Gasteiger partial charge in [0.15, 0.2) is 0 Å². The predicted molar refractivity (Wildman–Crippen MR) is 72.2 cm³/mol. The van der Waals surface area contributed by atoms with Crippen LogP contribution in [0.15, 0.2) is 0 Å². The van der Waals surface area contributed by atoms with Gasteiger partial charge in [0.1, 0.15) is 0 Å². The molecule has 2 heterocycles. The van der Waals surface area contributed by atoms with Crippen molar-refractivity contribution in [3.63, 3.8) is 0 Å². The van der Waals surface area contributed by atoms with Crippen LogP contribution in [0, 0.1) is 0 Å². The van der Waals surface area contributed by atoms with E-state index in [1.54, 1.807) is 0 Å². The van der Waals surface area contributed by atoms with Crippen molar-refractivity contribution in [3.05, 3.63) is 0 Å². The maximum absolute atomic E-state index is 6.11. The largest absolute Gasteiger partial charge is 0.329 e. The molecule has 2 saturated heterocycles. The molecule has 0 aromatic heterocycles. The summed E-state index contributed by atoms with van der Waals surface area (Å²) in [7, 11) is 2.22. The Morgan fingerprint density at radius 1 is 1.00 bits per heavy atom. The molecule has 2 fully saturated rings. The van der Waals surface area contributed by atoms with Gasteiger partial charge >= 0.3 is 0 Å². The first-order valence-corrected chi connectivity index (χ1v) is 7.06. The highest BCUT2D eigenvalue weighted by Gasteiger charge is 2.38. The quantitative estimate of drug-likeness (QED) is 0.756. The number of rotatable bonds is 3. The molecule has 0 amide bonds. The molecule has 2 aliphatic rings. The highest BCUT2D eigenvalue weighted by molar-refractivity contribution is 4.97. The molecule has 0 atom stereocenters. The Morgan fingerprint density at radius 3 is 2.06 bits per heavy atom. The summed E-state index contributed by atoms with van der Waals surface area (Å²) in [6.07, 6.45) is 2.48. The monoisotopic (exact) mass is 240 g/mol. The fourth-order valence-corrected chi connectivity index (χ4v) is 3.22. The van der Waals surface area contributed by atoms with Crippen LogP contribution in [-0.4, -0.2) is 79.6 Å². The van der Waals surface area contributed by atoms with Crippen LogP contribution in [0.25, 0.3) is 0 Å². The molecule has 0 unspecified atom stereocenters. The molecule has 0 spiro atoms. The molecule has 0 aromatic rings. The van der Waals surface area contributed by atoms with E-state index in [9.17, 15) is 0 Å². The standard InChI is InChI=1S/C13H28N4/c1-3-16-8-10-17(11-9-16)13(12-14)4-6-15(2)7-5-13/h3-12,14H2,1-2H3. The highest BCUT2D eigenvalue weighted by atomic mass is 15.3. The maximum Gasteiger partial charge on any atom is 0.0357 e. The molecule has 0 radical (unpaired) electrons. The summed E-state index contributed by atoms with van der Waals surface area (Å²) >= 11 is 0. The summed E-state index contributed by atoms with van der Waals surface area (Å²) in [5.41, 5.74) is 6.41. The van der Waals surface area contributed by atoms with Crippen LogP contribution in [0.3, 0.4) is 0 Å². The second-order valence-electron chi connectivity index (χ2n) is 5.65. The lowest BCUT2D eigenvalue weighted by Crippen LogP contribution is -2.63. The molecule has 2 aliphatic heterocycles. The van der Waals surface area contributed by atoms with Gasteiger partial charge in [-0.05, 0) is 39.5 Å². The van der Waals surface area contributed by atoms with Crippen molar-refractivity contribution in [2.75, 3.05) is 59.4 Å². The summed E-state index contributed by atoms with van der Waals surface area (Å²) < 4.78 is 0. The Labute approximate surface area is 106 Å². The molecule has 0 bridgehead atoms. The van der Waals surface area contributed by atoms with Crippen LogP contribution in [0.1, 0.15) is 19.8 Å². The van der Waals surface area contributed by atoms with E-state index in [1.165, 1.54) is 58.7 Å². The van der Waals surface area contributed by atoms with Gasteiger partial charge in [-0.3, -0.25) is 4.90 Å². The predicted octanol–water partition coefficient (Wildman–Crippen LogP) is 0.0470. The highest BCUT2D eigenvalue weighted by Crippen LogP contribution is 2.28. The van der Waals surface area contributed by atoms with Gasteiger partial charge in [0, 0.05) is 38.3 Å². The number of nitrogens with two attached hydrogens (primary N) is 1. The van der Waals surface area contributed by atoms with Crippen molar-refractivity contribution in [2.24, 2.45) is 5.73 Å². The van der Waals surface area contributed by atoms with Gasteiger partial charge in [-0.2, -0.15) is 0 Å². The van der Waals surface area contributed by atoms with Crippen LogP contribution in [0.5, 0.6) is 0 Å². The van der Waals surface area contributed by atoms with Gasteiger partial charge in [-0.25, -0.2) is 0 Å². The van der Waals surface area contributed by atoms with E-state index in [0.29, 0.717) is 5.54 Å². The van der Waals surface area contributed by atoms with E-state index in [2.05, 4.69) is 28.7 Å². The molecule has 4 heteroatoms. The molecular formula is C13H28N4. The Bertz CT molecular complexity index is 228. The Balaban J connectivity index is 1.94. The minimum atomic E-state index is 0.298. The topological polar surface area (TPSA) is 35.7 Å². The fourth-order valence-electron chi connectivity index (χ4n) is 3.22. The molecule has 17 heavy (non-hydrogen) atoms. The SMILES string of the molecule is CCN1CCN(C2(CN)CCN(C)CC2)CC1. The van der Waals surface area contributed by atoms with E-state index in [4.69, 9.17) is 5.73 Å². The summed E-state index contributed by atoms with van der Waals surface area (Å²) in [4.78, 5) is 7.64. The number of hydrogen-bond donors (Lipinski definition) is 1. The number of piperazine rings is 1. The molecule has 2 N–H and O–H groups in total. The number of piperidine rings is 1. The van der Waals surface area contributed by atoms with Crippen molar-refractivity contribution < 1.29 is 0 Å². The minimum absolute atomic E-state index is 0.298. The lowest BCUT2D eigenvalue weighted by Gasteiger charge is -2.50. The summed E-state index contributed by atoms with van der Waals surface area (Å²) in [5, 5.41) is 0. The Morgan fingerprint density at radius 2 is 1.59 bits per heavy atom. The van der Waals surface area contributed by atoms with Crippen LogP contribution >= 0.6 is 0 Å². The zero-order valence-corrected chi connectivity index (χ0v) is 11.5. The van der Waals surface area contributed by atoms with Crippen molar-refractivity contribution in [2.45, 2.75) is 25.3 Å². The fraction of sp³-hybridized carbons (Fsp3) is 1.00. The third-order valence-corrected chi connectivity index (χ3v) is 4.79. The van der Waals surface area contributed by atoms with E-state index >= 15 is 0 Å². The van der Waals surface area contributed by atoms with Crippen molar-refractivity contribution in [3.8, 4) is 0 Å². The molecule has 0 aliphatic carbocycles. The summed E-state index contributed by atoms with van der Waals surface area (Å²) in [6.45, 7) is 11.5. The van der Waals surface area contributed by atoms with Crippen molar-refractivity contribution >= 4 is 0 Å². The third-order valence-electron chi connectivity index (χ3n) is 4.79. The smallest absolute Gasteiger partial charge is 0.0357 e. The van der Waals surface area contributed by atoms with Gasteiger partial charge < -0.3 is 15.5 Å². The van der Waals surface area contributed by atoms with Gasteiger partial charge in [0.2, 0.25) is 0 Å². The number of likely N-dealkylation sites (N-methyl/N-ethyl adjacent to an activating group) is 1. The average molecular weight is 240 g/mol. The zero-order chi connectivity index (χ0) is 12.3. The number of nitrogens with zero attached hydrogens (tertiary/aromatic N) is 3. The molecule has 0 aromatic carbocycles. The van der Waals surface area contributed by atoms with E-state index < -0.39 is 0 Å². The Hall–Kier alpha value is -0.160. The van der Waals surface area contributed by atoms with Gasteiger partial charge in [-0.15, -0.1) is 0 Å². The molecule has 0 saturated carbocycles. The Kier molecular flexibility index (Phi) is 4.42. The summed E-state index contributed by atoms with van der Waals surface area (Å²) in [6, 6.07) is 0. The van der Waals surface area contributed by atoms with E-state index in [0.717, 1.165) is 6.54 Å². The van der Waals surface area contributed by atoms with Crippen LogP contribution in [0.4, 0.5) is 0 Å². The second kappa shape index (κ2) is 5.65. The van der Waals surface area contributed by atoms with Crippen molar-refractivity contribution in [1.29, 1.82) is 0 Å². The summed E-state index contributed by atoms with van der Waals surface area (Å²) in [5.74, 6) is 0. The maximum atomic E-state index is 6.11. The van der Waals surface area contributed by atoms with Gasteiger partial charge in [-0.1, -0.05) is 6.92 Å². The average Bonchev–Trinajstić information content (AvgIpc) is 2.40.